The van der Waals surface area contributed by atoms with Crippen molar-refractivity contribution in [1.29, 1.82) is 0 Å². The van der Waals surface area contributed by atoms with Crippen molar-refractivity contribution in [2.24, 2.45) is 0 Å². The molecule has 0 radical (unpaired) electrons. The molecule has 1 fully saturated rings. The van der Waals surface area contributed by atoms with Crippen LogP contribution < -0.4 is 15.5 Å². The number of piperazine rings is 1. The van der Waals surface area contributed by atoms with Crippen LogP contribution >= 0.6 is 0 Å². The van der Waals surface area contributed by atoms with Gasteiger partial charge in [0.25, 0.3) is 5.91 Å². The molecule has 0 bridgehead atoms. The Bertz CT molecular complexity index is 1160. The van der Waals surface area contributed by atoms with Crippen LogP contribution in [0.2, 0.25) is 0 Å². The smallest absolute Gasteiger partial charge is 0.317 e. The Morgan fingerprint density at radius 1 is 1.15 bits per heavy atom. The van der Waals surface area contributed by atoms with Crippen molar-refractivity contribution in [2.45, 2.75) is 30.5 Å². The Morgan fingerprint density at radius 2 is 1.82 bits per heavy atom. The van der Waals surface area contributed by atoms with Crippen LogP contribution in [0.25, 0.3) is 0 Å². The molecule has 3 rings (SSSR count). The third-order valence-electron chi connectivity index (χ3n) is 5.51. The minimum atomic E-state index is -4.20. The molecule has 2 atom stereocenters. The van der Waals surface area contributed by atoms with Crippen LogP contribution in [0.15, 0.2) is 47.4 Å². The highest BCUT2D eigenvalue weighted by Gasteiger charge is 2.45. The molecule has 0 aliphatic carbocycles. The third kappa shape index (κ3) is 5.11. The molecule has 0 aromatic heterocycles. The first-order chi connectivity index (χ1) is 16.1. The number of carbonyl (C=O) groups excluding carboxylic acids is 2. The maximum Gasteiger partial charge on any atom is 0.317 e. The molecular formula is C21H24F2N4O6S. The minimum absolute atomic E-state index is 0.0275. The Morgan fingerprint density at radius 3 is 2.41 bits per heavy atom. The third-order valence-corrected chi connectivity index (χ3v) is 7.41. The average molecular weight is 499 g/mol. The van der Waals surface area contributed by atoms with Gasteiger partial charge in [-0.3, -0.25) is 10.0 Å². The van der Waals surface area contributed by atoms with Crippen LogP contribution in [-0.4, -0.2) is 67.0 Å². The summed E-state index contributed by atoms with van der Waals surface area (Å²) in [5.41, 5.74) is 1.59. The van der Waals surface area contributed by atoms with Crippen LogP contribution in [0.4, 0.5) is 13.6 Å². The highest BCUT2D eigenvalue weighted by atomic mass is 32.2. The van der Waals surface area contributed by atoms with E-state index in [1.807, 2.05) is 0 Å². The molecule has 3 N–H and O–H groups in total. The lowest BCUT2D eigenvalue weighted by Gasteiger charge is -2.43. The van der Waals surface area contributed by atoms with E-state index in [1.54, 1.807) is 0 Å². The van der Waals surface area contributed by atoms with Gasteiger partial charge in [0.2, 0.25) is 10.0 Å². The van der Waals surface area contributed by atoms with E-state index in [0.29, 0.717) is 0 Å². The first-order valence-corrected chi connectivity index (χ1v) is 11.6. The average Bonchev–Trinajstić information content (AvgIpc) is 2.82. The van der Waals surface area contributed by atoms with Gasteiger partial charge in [-0.05, 0) is 43.3 Å². The number of sulfonamides is 1. The number of nitrogens with one attached hydrogen (secondary N) is 2. The van der Waals surface area contributed by atoms with Gasteiger partial charge in [-0.1, -0.05) is 0 Å². The van der Waals surface area contributed by atoms with E-state index in [9.17, 15) is 26.8 Å². The highest BCUT2D eigenvalue weighted by Crippen LogP contribution is 2.27. The number of hydrogen-bond donors (Lipinski definition) is 3. The predicted octanol–water partition coefficient (Wildman–Crippen LogP) is 1.45. The van der Waals surface area contributed by atoms with Crippen molar-refractivity contribution < 1.29 is 36.7 Å². The Hall–Kier alpha value is -3.29. The predicted molar refractivity (Wildman–Crippen MR) is 115 cm³/mol. The molecule has 0 saturated carbocycles. The SMILES string of the molecule is CNC(=O)N1CCN(S(=O)(=O)c2ccc(OCc3ccc(F)cc3F)cc2)[C@@H](C(=O)NO)[C@@H]1C. The number of hydrogen-bond acceptors (Lipinski definition) is 6. The number of urea groups is 1. The standard InChI is InChI=1S/C21H24F2N4O6S/c1-13-19(20(28)25-30)27(10-9-26(13)21(29)24-2)34(31,32)17-7-5-16(6-8-17)33-12-14-3-4-15(22)11-18(14)23/h3-8,11,13,19,30H,9-10,12H2,1-2H3,(H,24,29)(H,25,28)/t13-,19+/m0/s1. The second kappa shape index (κ2) is 10.3. The minimum Gasteiger partial charge on any atom is -0.489 e. The molecule has 0 unspecified atom stereocenters. The maximum atomic E-state index is 13.8. The fourth-order valence-electron chi connectivity index (χ4n) is 3.72. The van der Waals surface area contributed by atoms with Gasteiger partial charge in [0.1, 0.15) is 30.0 Å². The van der Waals surface area contributed by atoms with Crippen LogP contribution in [0, 0.1) is 11.6 Å². The quantitative estimate of drug-likeness (QED) is 0.409. The lowest BCUT2D eigenvalue weighted by molar-refractivity contribution is -0.136. The maximum absolute atomic E-state index is 13.8. The molecule has 34 heavy (non-hydrogen) atoms. The summed E-state index contributed by atoms with van der Waals surface area (Å²) in [6.45, 7) is 1.15. The van der Waals surface area contributed by atoms with Crippen LogP contribution in [0.5, 0.6) is 5.75 Å². The summed E-state index contributed by atoms with van der Waals surface area (Å²) in [4.78, 5) is 25.6. The zero-order valence-corrected chi connectivity index (χ0v) is 19.2. The van der Waals surface area contributed by atoms with Gasteiger partial charge in [-0.15, -0.1) is 0 Å². The Labute approximate surface area is 195 Å². The van der Waals surface area contributed by atoms with Crippen LogP contribution in [0.1, 0.15) is 12.5 Å². The molecule has 2 aromatic rings. The Balaban J connectivity index is 1.80. The second-order valence-corrected chi connectivity index (χ2v) is 9.41. The molecule has 3 amide bonds. The zero-order chi connectivity index (χ0) is 25.0. The van der Waals surface area contributed by atoms with E-state index in [2.05, 4.69) is 5.32 Å². The summed E-state index contributed by atoms with van der Waals surface area (Å²) < 4.78 is 59.7. The van der Waals surface area contributed by atoms with Gasteiger partial charge in [-0.2, -0.15) is 4.31 Å². The van der Waals surface area contributed by atoms with Crippen molar-refractivity contribution in [1.82, 2.24) is 20.0 Å². The van der Waals surface area contributed by atoms with Crippen LogP contribution in [0.3, 0.4) is 0 Å². The summed E-state index contributed by atoms with van der Waals surface area (Å²) in [5.74, 6) is -2.22. The molecule has 1 heterocycles. The van der Waals surface area contributed by atoms with Crippen molar-refractivity contribution >= 4 is 22.0 Å². The topological polar surface area (TPSA) is 128 Å². The van der Waals surface area contributed by atoms with Gasteiger partial charge in [0, 0.05) is 31.8 Å². The molecule has 10 nitrogen and oxygen atoms in total. The fraction of sp³-hybridized carbons (Fsp3) is 0.333. The summed E-state index contributed by atoms with van der Waals surface area (Å²) in [6, 6.07) is 5.58. The molecule has 13 heteroatoms. The van der Waals surface area contributed by atoms with Gasteiger partial charge in [-0.25, -0.2) is 27.5 Å². The summed E-state index contributed by atoms with van der Waals surface area (Å²) in [7, 11) is -2.79. The largest absolute Gasteiger partial charge is 0.489 e. The van der Waals surface area contributed by atoms with Crippen molar-refractivity contribution in [3.05, 3.63) is 59.7 Å². The van der Waals surface area contributed by atoms with Crippen molar-refractivity contribution in [2.75, 3.05) is 20.1 Å². The molecule has 1 aliphatic rings. The van der Waals surface area contributed by atoms with Crippen molar-refractivity contribution in [3.63, 3.8) is 0 Å². The first kappa shape index (κ1) is 25.3. The van der Waals surface area contributed by atoms with E-state index in [-0.39, 0.29) is 35.9 Å². The normalized spacial score (nSPS) is 18.9. The number of rotatable bonds is 6. The number of carbonyl (C=O) groups is 2. The fourth-order valence-corrected chi connectivity index (χ4v) is 5.36. The zero-order valence-electron chi connectivity index (χ0n) is 18.4. The molecule has 184 valence electrons. The van der Waals surface area contributed by atoms with E-state index >= 15 is 0 Å². The molecule has 1 aliphatic heterocycles. The van der Waals surface area contributed by atoms with E-state index in [1.165, 1.54) is 54.7 Å². The summed E-state index contributed by atoms with van der Waals surface area (Å²) >= 11 is 0. The van der Waals surface area contributed by atoms with Gasteiger partial charge < -0.3 is 15.0 Å². The second-order valence-electron chi connectivity index (χ2n) is 7.52. The monoisotopic (exact) mass is 498 g/mol. The number of nitrogens with zero attached hydrogens (tertiary/aromatic N) is 2. The van der Waals surface area contributed by atoms with Gasteiger partial charge in [0.05, 0.1) is 10.9 Å². The van der Waals surface area contributed by atoms with E-state index in [4.69, 9.17) is 9.94 Å². The number of benzene rings is 2. The van der Waals surface area contributed by atoms with E-state index < -0.39 is 45.7 Å². The number of halogens is 2. The van der Waals surface area contributed by atoms with Gasteiger partial charge in [0.15, 0.2) is 0 Å². The lowest BCUT2D eigenvalue weighted by atomic mass is 10.1. The first-order valence-electron chi connectivity index (χ1n) is 10.2. The highest BCUT2D eigenvalue weighted by molar-refractivity contribution is 7.89. The molecule has 1 saturated heterocycles. The summed E-state index contributed by atoms with van der Waals surface area (Å²) in [5, 5.41) is 11.6. The van der Waals surface area contributed by atoms with Crippen LogP contribution in [-0.2, 0) is 21.4 Å². The Kier molecular flexibility index (Phi) is 7.69. The number of hydroxylamine groups is 1. The number of ether oxygens (including phenoxy) is 1. The molecule has 0 spiro atoms. The van der Waals surface area contributed by atoms with E-state index in [0.717, 1.165) is 16.4 Å². The number of amides is 3. The molecule has 2 aromatic carbocycles. The lowest BCUT2D eigenvalue weighted by Crippen LogP contribution is -2.66. The van der Waals surface area contributed by atoms with Gasteiger partial charge >= 0.3 is 6.03 Å². The summed E-state index contributed by atoms with van der Waals surface area (Å²) in [6.07, 6.45) is 0. The van der Waals surface area contributed by atoms with Crippen molar-refractivity contribution in [3.8, 4) is 5.75 Å². The molecular weight excluding hydrogens is 474 g/mol.